The van der Waals surface area contributed by atoms with Crippen LogP contribution in [0.5, 0.6) is 0 Å². The van der Waals surface area contributed by atoms with E-state index < -0.39 is 22.0 Å². The van der Waals surface area contributed by atoms with Crippen LogP contribution in [-0.4, -0.2) is 51.1 Å². The van der Waals surface area contributed by atoms with Crippen molar-refractivity contribution in [1.29, 1.82) is 0 Å². The highest BCUT2D eigenvalue weighted by Crippen LogP contribution is 2.15. The van der Waals surface area contributed by atoms with Gasteiger partial charge in [0.25, 0.3) is 0 Å². The molecule has 2 N–H and O–H groups in total. The fourth-order valence-corrected chi connectivity index (χ4v) is 4.77. The van der Waals surface area contributed by atoms with Gasteiger partial charge in [-0.1, -0.05) is 35.9 Å². The largest absolute Gasteiger partial charge is 0.376 e. The highest BCUT2D eigenvalue weighted by molar-refractivity contribution is 7.89. The number of sulfonamides is 1. The second-order valence-electron chi connectivity index (χ2n) is 7.75. The molecule has 2 aromatic rings. The van der Waals surface area contributed by atoms with Gasteiger partial charge in [0.15, 0.2) is 0 Å². The van der Waals surface area contributed by atoms with Crippen LogP contribution in [0.15, 0.2) is 53.4 Å². The van der Waals surface area contributed by atoms with Crippen LogP contribution in [0, 0.1) is 0 Å². The highest BCUT2D eigenvalue weighted by Gasteiger charge is 2.22. The summed E-state index contributed by atoms with van der Waals surface area (Å²) in [4.78, 5) is 14.8. The molecular weight excluding hydrogens is 438 g/mol. The number of carbonyl (C=O) groups is 1. The number of morpholine rings is 1. The number of hydrogen-bond donors (Lipinski definition) is 2. The van der Waals surface area contributed by atoms with Gasteiger partial charge < -0.3 is 10.1 Å². The molecule has 1 aliphatic heterocycles. The van der Waals surface area contributed by atoms with Crippen LogP contribution in [0.25, 0.3) is 0 Å². The van der Waals surface area contributed by atoms with Crippen molar-refractivity contribution in [3.63, 3.8) is 0 Å². The quantitative estimate of drug-likeness (QED) is 0.625. The van der Waals surface area contributed by atoms with Crippen LogP contribution in [0.2, 0.25) is 5.02 Å². The minimum absolute atomic E-state index is 0.0571. The van der Waals surface area contributed by atoms with E-state index in [-0.39, 0.29) is 11.0 Å². The Kier molecular flexibility index (Phi) is 8.07. The average Bonchev–Trinajstić information content (AvgIpc) is 2.72. The van der Waals surface area contributed by atoms with Gasteiger partial charge >= 0.3 is 0 Å². The molecule has 1 amide bonds. The standard InChI is InChI=1S/C22H28ClN3O4S/c1-16-14-26(10-11-30-16)15-19-5-3-4-18(12-19)13-24-22(27)17(2)25-31(28,29)21-8-6-20(23)7-9-21/h3-9,12,16-17,25H,10-11,13-15H2,1-2H3,(H,24,27)/t16?,17-/m0/s1. The van der Waals surface area contributed by atoms with Crippen LogP contribution < -0.4 is 10.0 Å². The molecule has 0 bridgehead atoms. The molecule has 1 heterocycles. The molecule has 0 aromatic heterocycles. The number of carbonyl (C=O) groups excluding carboxylic acids is 1. The first kappa shape index (κ1) is 23.7. The Balaban J connectivity index is 1.53. The molecule has 1 aliphatic rings. The van der Waals surface area contributed by atoms with Gasteiger partial charge in [-0.15, -0.1) is 0 Å². The molecule has 0 aliphatic carbocycles. The Hall–Kier alpha value is -1.97. The molecule has 0 radical (unpaired) electrons. The van der Waals surface area contributed by atoms with Gasteiger partial charge in [-0.05, 0) is 49.2 Å². The third kappa shape index (κ3) is 7.02. The van der Waals surface area contributed by atoms with Crippen molar-refractivity contribution in [3.05, 3.63) is 64.7 Å². The zero-order valence-electron chi connectivity index (χ0n) is 17.7. The second kappa shape index (κ2) is 10.6. The number of benzene rings is 2. The molecule has 3 rings (SSSR count). The molecule has 1 saturated heterocycles. The number of rotatable bonds is 8. The highest BCUT2D eigenvalue weighted by atomic mass is 35.5. The zero-order chi connectivity index (χ0) is 22.4. The molecule has 168 valence electrons. The van der Waals surface area contributed by atoms with Crippen molar-refractivity contribution in [2.24, 2.45) is 0 Å². The van der Waals surface area contributed by atoms with Crippen molar-refractivity contribution in [3.8, 4) is 0 Å². The van der Waals surface area contributed by atoms with Crippen molar-refractivity contribution in [2.45, 2.75) is 44.0 Å². The Bertz CT molecular complexity index is 998. The Labute approximate surface area is 188 Å². The molecule has 0 saturated carbocycles. The Morgan fingerprint density at radius 1 is 1.23 bits per heavy atom. The molecule has 2 atom stereocenters. The topological polar surface area (TPSA) is 87.7 Å². The summed E-state index contributed by atoms with van der Waals surface area (Å²) >= 11 is 5.80. The fourth-order valence-electron chi connectivity index (χ4n) is 3.44. The summed E-state index contributed by atoms with van der Waals surface area (Å²) in [6.45, 7) is 7.26. The van der Waals surface area contributed by atoms with E-state index in [1.54, 1.807) is 0 Å². The van der Waals surface area contributed by atoms with Crippen molar-refractivity contribution in [1.82, 2.24) is 14.9 Å². The van der Waals surface area contributed by atoms with Crippen molar-refractivity contribution in [2.75, 3.05) is 19.7 Å². The molecule has 31 heavy (non-hydrogen) atoms. The van der Waals surface area contributed by atoms with Crippen molar-refractivity contribution >= 4 is 27.5 Å². The second-order valence-corrected chi connectivity index (χ2v) is 9.90. The van der Waals surface area contributed by atoms with E-state index in [2.05, 4.69) is 34.0 Å². The van der Waals surface area contributed by atoms with Gasteiger partial charge in [0.05, 0.1) is 23.6 Å². The van der Waals surface area contributed by atoms with Gasteiger partial charge in [0.1, 0.15) is 0 Å². The Morgan fingerprint density at radius 3 is 2.65 bits per heavy atom. The number of hydrogen-bond acceptors (Lipinski definition) is 5. The first-order valence-corrected chi connectivity index (χ1v) is 12.1. The average molecular weight is 466 g/mol. The van der Waals surface area contributed by atoms with Gasteiger partial charge in [-0.3, -0.25) is 9.69 Å². The number of nitrogens with zero attached hydrogens (tertiary/aromatic N) is 1. The number of ether oxygens (including phenoxy) is 1. The minimum Gasteiger partial charge on any atom is -0.376 e. The SMILES string of the molecule is CC1CN(Cc2cccc(CNC(=O)[C@H](C)NS(=O)(=O)c3ccc(Cl)cc3)c2)CCO1. The van der Waals surface area contributed by atoms with E-state index in [1.807, 2.05) is 12.1 Å². The predicted molar refractivity (Wildman–Crippen MR) is 120 cm³/mol. The Morgan fingerprint density at radius 2 is 1.94 bits per heavy atom. The maximum Gasteiger partial charge on any atom is 0.241 e. The lowest BCUT2D eigenvalue weighted by Gasteiger charge is -2.31. The molecule has 2 aromatic carbocycles. The van der Waals surface area contributed by atoms with Crippen LogP contribution in [-0.2, 0) is 32.6 Å². The lowest BCUT2D eigenvalue weighted by molar-refractivity contribution is -0.122. The van der Waals surface area contributed by atoms with Crippen LogP contribution in [0.1, 0.15) is 25.0 Å². The molecule has 1 fully saturated rings. The van der Waals surface area contributed by atoms with Crippen LogP contribution in [0.4, 0.5) is 0 Å². The monoisotopic (exact) mass is 465 g/mol. The third-order valence-electron chi connectivity index (χ3n) is 5.04. The lowest BCUT2D eigenvalue weighted by atomic mass is 10.1. The maximum atomic E-state index is 12.4. The summed E-state index contributed by atoms with van der Waals surface area (Å²) in [5, 5.41) is 3.24. The van der Waals surface area contributed by atoms with E-state index >= 15 is 0 Å². The van der Waals surface area contributed by atoms with Gasteiger partial charge in [0.2, 0.25) is 15.9 Å². The molecule has 1 unspecified atom stereocenters. The van der Waals surface area contributed by atoms with Crippen molar-refractivity contribution < 1.29 is 17.9 Å². The minimum atomic E-state index is -3.82. The predicted octanol–water partition coefficient (Wildman–Crippen LogP) is 2.54. The summed E-state index contributed by atoms with van der Waals surface area (Å²) in [6, 6.07) is 12.9. The number of amides is 1. The van der Waals surface area contributed by atoms with Gasteiger partial charge in [0, 0.05) is 31.2 Å². The molecular formula is C22H28ClN3O4S. The van der Waals surface area contributed by atoms with E-state index in [1.165, 1.54) is 31.2 Å². The van der Waals surface area contributed by atoms with E-state index in [0.717, 1.165) is 37.4 Å². The third-order valence-corrected chi connectivity index (χ3v) is 6.85. The van der Waals surface area contributed by atoms with Gasteiger partial charge in [-0.25, -0.2) is 8.42 Å². The molecule has 7 nitrogen and oxygen atoms in total. The summed E-state index contributed by atoms with van der Waals surface area (Å²) in [7, 11) is -3.82. The summed E-state index contributed by atoms with van der Waals surface area (Å²) in [5.74, 6) is -0.398. The normalized spacial score (nSPS) is 18.5. The summed E-state index contributed by atoms with van der Waals surface area (Å²) in [6.07, 6.45) is 0.231. The fraction of sp³-hybridized carbons (Fsp3) is 0.409. The maximum absolute atomic E-state index is 12.4. The summed E-state index contributed by atoms with van der Waals surface area (Å²) < 4.78 is 32.9. The van der Waals surface area contributed by atoms with E-state index in [0.29, 0.717) is 11.6 Å². The smallest absolute Gasteiger partial charge is 0.241 e. The van der Waals surface area contributed by atoms with Gasteiger partial charge in [-0.2, -0.15) is 4.72 Å². The molecule has 9 heteroatoms. The van der Waals surface area contributed by atoms with E-state index in [4.69, 9.17) is 16.3 Å². The number of halogens is 1. The van der Waals surface area contributed by atoms with Crippen LogP contribution in [0.3, 0.4) is 0 Å². The zero-order valence-corrected chi connectivity index (χ0v) is 19.2. The first-order valence-electron chi connectivity index (χ1n) is 10.2. The lowest BCUT2D eigenvalue weighted by Crippen LogP contribution is -2.44. The van der Waals surface area contributed by atoms with Crippen LogP contribution >= 0.6 is 11.6 Å². The molecule has 0 spiro atoms. The summed E-state index contributed by atoms with van der Waals surface area (Å²) in [5.41, 5.74) is 2.12. The number of nitrogens with one attached hydrogen (secondary N) is 2. The van der Waals surface area contributed by atoms with E-state index in [9.17, 15) is 13.2 Å². The first-order chi connectivity index (χ1) is 14.7.